The van der Waals surface area contributed by atoms with Crippen LogP contribution in [-0.4, -0.2) is 51.2 Å². The predicted molar refractivity (Wildman–Crippen MR) is 101 cm³/mol. The van der Waals surface area contributed by atoms with Crippen molar-refractivity contribution in [3.63, 3.8) is 0 Å². The van der Waals surface area contributed by atoms with Gasteiger partial charge in [-0.2, -0.15) is 0 Å². The van der Waals surface area contributed by atoms with Crippen LogP contribution in [0.2, 0.25) is 0 Å². The summed E-state index contributed by atoms with van der Waals surface area (Å²) in [5, 5.41) is 2.46. The zero-order chi connectivity index (χ0) is 21.5. The van der Waals surface area contributed by atoms with E-state index in [9.17, 15) is 19.2 Å². The first-order chi connectivity index (χ1) is 13.0. The van der Waals surface area contributed by atoms with Gasteiger partial charge < -0.3 is 19.5 Å². The third kappa shape index (κ3) is 6.07. The Bertz CT molecular complexity index is 719. The van der Waals surface area contributed by atoms with Crippen molar-refractivity contribution >= 4 is 23.8 Å². The summed E-state index contributed by atoms with van der Waals surface area (Å²) >= 11 is 0. The van der Waals surface area contributed by atoms with E-state index in [1.165, 1.54) is 0 Å². The fraction of sp³-hybridized carbons (Fsp3) is 0.500. The van der Waals surface area contributed by atoms with Gasteiger partial charge in [0, 0.05) is 5.56 Å². The van der Waals surface area contributed by atoms with Gasteiger partial charge in [-0.15, -0.1) is 0 Å². The summed E-state index contributed by atoms with van der Waals surface area (Å²) in [6.45, 7) is 6.13. The molecule has 0 bridgehead atoms. The fourth-order valence-electron chi connectivity index (χ4n) is 2.55. The van der Waals surface area contributed by atoms with Gasteiger partial charge >= 0.3 is 17.9 Å². The topological polar surface area (TPSA) is 108 Å². The first-order valence-electron chi connectivity index (χ1n) is 8.69. The lowest BCUT2D eigenvalue weighted by atomic mass is 9.86. The zero-order valence-corrected chi connectivity index (χ0v) is 17.0. The molecule has 1 N–H and O–H groups in total. The molecule has 1 aromatic rings. The van der Waals surface area contributed by atoms with Gasteiger partial charge in [0.25, 0.3) is 5.91 Å². The van der Waals surface area contributed by atoms with Crippen molar-refractivity contribution in [3.8, 4) is 0 Å². The number of methoxy groups -OCH3 is 3. The third-order valence-corrected chi connectivity index (χ3v) is 4.28. The molecule has 0 aliphatic heterocycles. The fourth-order valence-corrected chi connectivity index (χ4v) is 2.55. The molecule has 1 amide bonds. The molecule has 154 valence electrons. The van der Waals surface area contributed by atoms with Gasteiger partial charge in [0.1, 0.15) is 6.04 Å². The molecule has 0 aromatic heterocycles. The van der Waals surface area contributed by atoms with E-state index in [0.717, 1.165) is 26.9 Å². The number of hydrogen-bond acceptors (Lipinski definition) is 7. The molecule has 0 saturated carbocycles. The average Bonchev–Trinajstić information content (AvgIpc) is 2.68. The number of hydrogen-bond donors (Lipinski definition) is 1. The Hall–Kier alpha value is -2.90. The highest BCUT2D eigenvalue weighted by Gasteiger charge is 2.38. The zero-order valence-electron chi connectivity index (χ0n) is 17.0. The molecule has 1 rings (SSSR count). The second kappa shape index (κ2) is 9.87. The quantitative estimate of drug-likeness (QED) is 0.554. The molecule has 0 unspecified atom stereocenters. The van der Waals surface area contributed by atoms with Gasteiger partial charge in [-0.05, 0) is 23.1 Å². The Kier molecular flexibility index (Phi) is 8.16. The second-order valence-electron chi connectivity index (χ2n) is 7.21. The number of esters is 3. The maximum Gasteiger partial charge on any atom is 0.329 e. The van der Waals surface area contributed by atoms with Gasteiger partial charge in [-0.3, -0.25) is 14.4 Å². The van der Waals surface area contributed by atoms with Crippen molar-refractivity contribution in [2.75, 3.05) is 21.3 Å². The van der Waals surface area contributed by atoms with Gasteiger partial charge in [0.2, 0.25) is 0 Å². The summed E-state index contributed by atoms with van der Waals surface area (Å²) in [5.74, 6) is -4.33. The molecule has 8 heteroatoms. The second-order valence-corrected chi connectivity index (χ2v) is 7.21. The predicted octanol–water partition coefficient (Wildman–Crippen LogP) is 1.61. The molecule has 2 atom stereocenters. The first-order valence-corrected chi connectivity index (χ1v) is 8.69. The molecule has 28 heavy (non-hydrogen) atoms. The van der Waals surface area contributed by atoms with Crippen LogP contribution in [-0.2, 0) is 34.0 Å². The Morgan fingerprint density at radius 2 is 1.43 bits per heavy atom. The van der Waals surface area contributed by atoms with Crippen LogP contribution in [0, 0.1) is 5.92 Å². The summed E-state index contributed by atoms with van der Waals surface area (Å²) in [5.41, 5.74) is 1.25. The molecule has 0 fully saturated rings. The van der Waals surface area contributed by atoms with Crippen LogP contribution in [0.3, 0.4) is 0 Å². The van der Waals surface area contributed by atoms with Gasteiger partial charge in [-0.1, -0.05) is 32.9 Å². The van der Waals surface area contributed by atoms with E-state index in [1.807, 2.05) is 32.9 Å². The summed E-state index contributed by atoms with van der Waals surface area (Å²) in [4.78, 5) is 48.6. The molecular weight excluding hydrogens is 366 g/mol. The molecule has 1 aromatic carbocycles. The molecule has 0 aliphatic carbocycles. The molecule has 8 nitrogen and oxygen atoms in total. The van der Waals surface area contributed by atoms with E-state index in [1.54, 1.807) is 12.1 Å². The van der Waals surface area contributed by atoms with E-state index >= 15 is 0 Å². The number of amides is 1. The molecular formula is C20H27NO7. The van der Waals surface area contributed by atoms with Crippen LogP contribution in [0.1, 0.15) is 43.1 Å². The third-order valence-electron chi connectivity index (χ3n) is 4.28. The highest BCUT2D eigenvalue weighted by molar-refractivity contribution is 5.98. The van der Waals surface area contributed by atoms with Crippen LogP contribution in [0.25, 0.3) is 0 Å². The van der Waals surface area contributed by atoms with Crippen molar-refractivity contribution in [3.05, 3.63) is 35.4 Å². The lowest BCUT2D eigenvalue weighted by Gasteiger charge is -2.24. The lowest BCUT2D eigenvalue weighted by Crippen LogP contribution is -2.50. The highest BCUT2D eigenvalue weighted by atomic mass is 16.5. The monoisotopic (exact) mass is 393 g/mol. The van der Waals surface area contributed by atoms with Crippen LogP contribution in [0.4, 0.5) is 0 Å². The molecule has 0 heterocycles. The Labute approximate surface area is 164 Å². The maximum absolute atomic E-state index is 12.6. The normalized spacial score (nSPS) is 13.1. The highest BCUT2D eigenvalue weighted by Crippen LogP contribution is 2.22. The number of ether oxygens (including phenoxy) is 3. The van der Waals surface area contributed by atoms with Gasteiger partial charge in [0.15, 0.2) is 0 Å². The van der Waals surface area contributed by atoms with E-state index in [0.29, 0.717) is 5.56 Å². The van der Waals surface area contributed by atoms with E-state index < -0.39 is 42.2 Å². The van der Waals surface area contributed by atoms with E-state index in [-0.39, 0.29) is 5.41 Å². The van der Waals surface area contributed by atoms with Crippen LogP contribution in [0.5, 0.6) is 0 Å². The van der Waals surface area contributed by atoms with Gasteiger partial charge in [-0.25, -0.2) is 4.79 Å². The Morgan fingerprint density at radius 1 is 0.893 bits per heavy atom. The number of carbonyl (C=O) groups is 4. The van der Waals surface area contributed by atoms with Crippen molar-refractivity contribution in [1.29, 1.82) is 0 Å². The smallest absolute Gasteiger partial charge is 0.329 e. The summed E-state index contributed by atoms with van der Waals surface area (Å²) < 4.78 is 13.9. The number of benzene rings is 1. The van der Waals surface area contributed by atoms with Gasteiger partial charge in [0.05, 0.1) is 33.7 Å². The van der Waals surface area contributed by atoms with E-state index in [4.69, 9.17) is 4.74 Å². The number of nitrogens with one attached hydrogen (secondary N) is 1. The van der Waals surface area contributed by atoms with Crippen LogP contribution >= 0.6 is 0 Å². The van der Waals surface area contributed by atoms with Crippen molar-refractivity contribution in [2.24, 2.45) is 5.92 Å². The first kappa shape index (κ1) is 23.1. The SMILES string of the molecule is COC(=O)C[C@@H](C(=O)OC)[C@@H](NC(=O)c1ccc(C(C)(C)C)cc1)C(=O)OC. The largest absolute Gasteiger partial charge is 0.469 e. The molecule has 0 spiro atoms. The van der Waals surface area contributed by atoms with Crippen LogP contribution < -0.4 is 5.32 Å². The molecule has 0 radical (unpaired) electrons. The van der Waals surface area contributed by atoms with Crippen molar-refractivity contribution < 1.29 is 33.4 Å². The number of carbonyl (C=O) groups excluding carboxylic acids is 4. The Balaban J connectivity index is 3.12. The average molecular weight is 393 g/mol. The summed E-state index contributed by atoms with van der Waals surface area (Å²) in [7, 11) is 3.39. The number of rotatable bonds is 7. The maximum atomic E-state index is 12.6. The van der Waals surface area contributed by atoms with Crippen molar-refractivity contribution in [2.45, 2.75) is 38.6 Å². The standard InChI is InChI=1S/C20H27NO7/c1-20(2,3)13-9-7-12(8-10-13)17(23)21-16(19(25)28-6)14(18(24)27-5)11-15(22)26-4/h7-10,14,16H,11H2,1-6H3,(H,21,23)/t14-,16-/m1/s1. The van der Waals surface area contributed by atoms with Crippen LogP contribution in [0.15, 0.2) is 24.3 Å². The van der Waals surface area contributed by atoms with Crippen molar-refractivity contribution in [1.82, 2.24) is 5.32 Å². The Morgan fingerprint density at radius 3 is 1.86 bits per heavy atom. The molecule has 0 saturated heterocycles. The lowest BCUT2D eigenvalue weighted by molar-refractivity contribution is -0.158. The summed E-state index contributed by atoms with van der Waals surface area (Å²) in [6.07, 6.45) is -0.452. The summed E-state index contributed by atoms with van der Waals surface area (Å²) in [6, 6.07) is 5.46. The molecule has 0 aliphatic rings. The van der Waals surface area contributed by atoms with E-state index in [2.05, 4.69) is 14.8 Å². The minimum atomic E-state index is -1.41. The minimum Gasteiger partial charge on any atom is -0.469 e. The minimum absolute atomic E-state index is 0.0833.